The molecule has 4 aromatic carbocycles. The van der Waals surface area contributed by atoms with Gasteiger partial charge in [-0.05, 0) is 84.5 Å². The number of anilines is 2. The van der Waals surface area contributed by atoms with E-state index in [0.717, 1.165) is 30.5 Å². The van der Waals surface area contributed by atoms with E-state index in [9.17, 15) is 15.0 Å². The maximum atomic E-state index is 11.7. The minimum absolute atomic E-state index is 0. The number of aromatic carboxylic acids is 1. The second-order valence-electron chi connectivity index (χ2n) is 9.49. The van der Waals surface area contributed by atoms with Crippen LogP contribution in [-0.2, 0) is 12.8 Å². The van der Waals surface area contributed by atoms with Crippen LogP contribution in [0.25, 0.3) is 0 Å². The molecule has 0 saturated carbocycles. The quantitative estimate of drug-likeness (QED) is 0.158. The van der Waals surface area contributed by atoms with Gasteiger partial charge in [-0.2, -0.15) is 0 Å². The molecule has 0 fully saturated rings. The third kappa shape index (κ3) is 8.13. The molecule has 4 N–H and O–H groups in total. The van der Waals surface area contributed by atoms with Gasteiger partial charge < -0.3 is 25.6 Å². The Balaban J connectivity index is 0.00000220. The Kier molecular flexibility index (Phi) is 11.3. The van der Waals surface area contributed by atoms with Gasteiger partial charge in [0.15, 0.2) is 0 Å². The molecule has 0 bridgehead atoms. The largest absolute Gasteiger partial charge is 0.478 e. The average molecular weight is 602 g/mol. The van der Waals surface area contributed by atoms with Crippen LogP contribution in [0.15, 0.2) is 91.0 Å². The molecule has 4 aromatic rings. The molecule has 0 saturated heterocycles. The van der Waals surface area contributed by atoms with Crippen LogP contribution in [0.4, 0.5) is 11.4 Å². The number of nitrogens with one attached hydrogen (secondary N) is 2. The van der Waals surface area contributed by atoms with E-state index in [1.165, 1.54) is 17.2 Å². The topological polar surface area (TPSA) is 90.8 Å². The van der Waals surface area contributed by atoms with Crippen molar-refractivity contribution in [3.8, 4) is 11.5 Å². The summed E-state index contributed by atoms with van der Waals surface area (Å²) in [5.74, 6) is 0.0702. The molecular weight excluding hydrogens is 571 g/mol. The van der Waals surface area contributed by atoms with Gasteiger partial charge in [-0.3, -0.25) is 0 Å². The Labute approximate surface area is 251 Å². The highest BCUT2D eigenvalue weighted by molar-refractivity contribution is 6.30. The van der Waals surface area contributed by atoms with E-state index in [2.05, 4.69) is 16.7 Å². The van der Waals surface area contributed by atoms with E-state index in [1.807, 2.05) is 54.6 Å². The third-order valence-electron chi connectivity index (χ3n) is 6.69. The molecule has 0 radical (unpaired) electrons. The average Bonchev–Trinajstić information content (AvgIpc) is 2.92. The Morgan fingerprint density at radius 3 is 2.45 bits per heavy atom. The summed E-state index contributed by atoms with van der Waals surface area (Å²) >= 11 is 6.06. The van der Waals surface area contributed by atoms with Crippen molar-refractivity contribution in [2.75, 3.05) is 11.9 Å². The Morgan fingerprint density at radius 1 is 0.900 bits per heavy atom. The SMILES string of the molecule is Cl.Cl.O=C(O)c1cc(Nc2ccccc2)cc(Oc2ccc3c(c2)C[C@@H](NC[C@H](O)c2cccc(Cl)c2)CC3)c1. The van der Waals surface area contributed by atoms with Crippen molar-refractivity contribution >= 4 is 53.8 Å². The second-order valence-corrected chi connectivity index (χ2v) is 9.93. The lowest BCUT2D eigenvalue weighted by Gasteiger charge is -2.27. The number of para-hydroxylation sites is 1. The molecule has 1 aliphatic rings. The smallest absolute Gasteiger partial charge is 0.335 e. The van der Waals surface area contributed by atoms with Crippen LogP contribution in [0.2, 0.25) is 5.02 Å². The lowest BCUT2D eigenvalue weighted by Crippen LogP contribution is -2.37. The van der Waals surface area contributed by atoms with Crippen LogP contribution < -0.4 is 15.4 Å². The highest BCUT2D eigenvalue weighted by Crippen LogP contribution is 2.31. The van der Waals surface area contributed by atoms with Crippen molar-refractivity contribution in [1.29, 1.82) is 0 Å². The summed E-state index contributed by atoms with van der Waals surface area (Å²) in [5, 5.41) is 27.5. The summed E-state index contributed by atoms with van der Waals surface area (Å²) in [4.78, 5) is 11.7. The molecule has 5 rings (SSSR count). The van der Waals surface area contributed by atoms with E-state index in [4.69, 9.17) is 16.3 Å². The molecule has 0 aliphatic heterocycles. The van der Waals surface area contributed by atoms with Crippen LogP contribution in [0.1, 0.15) is 39.6 Å². The number of hydrogen-bond acceptors (Lipinski definition) is 5. The lowest BCUT2D eigenvalue weighted by molar-refractivity contribution is 0.0696. The second kappa shape index (κ2) is 14.4. The number of rotatable bonds is 9. The van der Waals surface area contributed by atoms with Gasteiger partial charge >= 0.3 is 5.97 Å². The maximum Gasteiger partial charge on any atom is 0.335 e. The van der Waals surface area contributed by atoms with Crippen molar-refractivity contribution in [1.82, 2.24) is 5.32 Å². The van der Waals surface area contributed by atoms with Crippen molar-refractivity contribution in [2.45, 2.75) is 31.4 Å². The summed E-state index contributed by atoms with van der Waals surface area (Å²) in [5.41, 5.74) is 4.88. The molecule has 9 heteroatoms. The molecule has 0 heterocycles. The monoisotopic (exact) mass is 600 g/mol. The van der Waals surface area contributed by atoms with Gasteiger partial charge in [0.05, 0.1) is 11.7 Å². The highest BCUT2D eigenvalue weighted by atomic mass is 35.5. The number of halogens is 3. The summed E-state index contributed by atoms with van der Waals surface area (Å²) in [7, 11) is 0. The predicted octanol–water partition coefficient (Wildman–Crippen LogP) is 7.60. The Bertz CT molecular complexity index is 1440. The molecule has 0 aromatic heterocycles. The first kappa shape index (κ1) is 31.3. The Hall–Kier alpha value is -3.26. The van der Waals surface area contributed by atoms with E-state index in [0.29, 0.717) is 28.8 Å². The molecular formula is C31H31Cl3N2O4. The number of carboxylic acid groups (broad SMARTS) is 1. The van der Waals surface area contributed by atoms with Crippen LogP contribution in [0.5, 0.6) is 11.5 Å². The van der Waals surface area contributed by atoms with E-state index < -0.39 is 12.1 Å². The zero-order valence-corrected chi connectivity index (χ0v) is 23.9. The lowest BCUT2D eigenvalue weighted by atomic mass is 9.88. The number of aliphatic hydroxyl groups is 1. The van der Waals surface area contributed by atoms with Crippen molar-refractivity contribution < 1.29 is 19.7 Å². The summed E-state index contributed by atoms with van der Waals surface area (Å²) in [6.07, 6.45) is 2.08. The number of aryl methyl sites for hydroxylation is 1. The molecule has 0 spiro atoms. The number of aliphatic hydroxyl groups excluding tert-OH is 1. The number of benzene rings is 4. The minimum Gasteiger partial charge on any atom is -0.478 e. The zero-order valence-electron chi connectivity index (χ0n) is 21.5. The number of carboxylic acids is 1. The molecule has 1 aliphatic carbocycles. The first-order valence-corrected chi connectivity index (χ1v) is 13.0. The van der Waals surface area contributed by atoms with Gasteiger partial charge in [0.1, 0.15) is 11.5 Å². The highest BCUT2D eigenvalue weighted by Gasteiger charge is 2.20. The molecule has 210 valence electrons. The number of carbonyl (C=O) groups is 1. The number of fused-ring (bicyclic) bond motifs is 1. The Morgan fingerprint density at radius 2 is 1.70 bits per heavy atom. The van der Waals surface area contributed by atoms with Crippen molar-refractivity contribution in [3.63, 3.8) is 0 Å². The summed E-state index contributed by atoms with van der Waals surface area (Å²) in [6.45, 7) is 0.440. The van der Waals surface area contributed by atoms with Crippen LogP contribution >= 0.6 is 36.4 Å². The molecule has 40 heavy (non-hydrogen) atoms. The van der Waals surface area contributed by atoms with E-state index in [-0.39, 0.29) is 36.4 Å². The molecule has 0 amide bonds. The van der Waals surface area contributed by atoms with Gasteiger partial charge in [0, 0.05) is 35.1 Å². The summed E-state index contributed by atoms with van der Waals surface area (Å²) < 4.78 is 6.14. The van der Waals surface area contributed by atoms with Gasteiger partial charge in [0.25, 0.3) is 0 Å². The number of ether oxygens (including phenoxy) is 1. The summed E-state index contributed by atoms with van der Waals surface area (Å²) in [6, 6.07) is 28.0. The van der Waals surface area contributed by atoms with Crippen LogP contribution in [-0.4, -0.2) is 28.8 Å². The number of hydrogen-bond donors (Lipinski definition) is 4. The minimum atomic E-state index is -1.02. The first-order valence-electron chi connectivity index (χ1n) is 12.6. The van der Waals surface area contributed by atoms with Gasteiger partial charge in [-0.15, -0.1) is 24.8 Å². The first-order chi connectivity index (χ1) is 18.4. The fourth-order valence-corrected chi connectivity index (χ4v) is 4.96. The van der Waals surface area contributed by atoms with Gasteiger partial charge in [0.2, 0.25) is 0 Å². The molecule has 6 nitrogen and oxygen atoms in total. The van der Waals surface area contributed by atoms with Crippen molar-refractivity contribution in [2.24, 2.45) is 0 Å². The normalized spacial score (nSPS) is 14.6. The predicted molar refractivity (Wildman–Crippen MR) is 164 cm³/mol. The maximum absolute atomic E-state index is 11.7. The standard InChI is InChI=1S/C31H29ClN2O4.2ClH/c32-24-6-4-5-21(13-24)30(35)19-33-26-11-9-20-10-12-28(16-22(20)14-26)38-29-17-23(31(36)37)15-27(18-29)34-25-7-2-1-3-8-25;;/h1-8,10,12-13,15-18,26,30,33-35H,9,11,14,19H2,(H,36,37);2*1H/t26-,30-;;/m0../s1. The fraction of sp³-hybridized carbons (Fsp3) is 0.194. The van der Waals surface area contributed by atoms with Gasteiger partial charge in [-0.1, -0.05) is 48.0 Å². The molecule has 0 unspecified atom stereocenters. The van der Waals surface area contributed by atoms with Crippen LogP contribution in [0, 0.1) is 0 Å². The van der Waals surface area contributed by atoms with E-state index in [1.54, 1.807) is 24.3 Å². The van der Waals surface area contributed by atoms with E-state index >= 15 is 0 Å². The molecule has 2 atom stereocenters. The third-order valence-corrected chi connectivity index (χ3v) is 6.93. The zero-order chi connectivity index (χ0) is 26.5. The van der Waals surface area contributed by atoms with Crippen LogP contribution in [0.3, 0.4) is 0 Å². The van der Waals surface area contributed by atoms with Gasteiger partial charge in [-0.25, -0.2) is 4.79 Å². The fourth-order valence-electron chi connectivity index (χ4n) is 4.76. The van der Waals surface area contributed by atoms with Crippen molar-refractivity contribution in [3.05, 3.63) is 118 Å².